The van der Waals surface area contributed by atoms with Crippen molar-refractivity contribution in [3.63, 3.8) is 0 Å². The molecule has 0 radical (unpaired) electrons. The van der Waals surface area contributed by atoms with Crippen LogP contribution in [0.5, 0.6) is 5.88 Å². The second kappa shape index (κ2) is 8.35. The first kappa shape index (κ1) is 16.2. The van der Waals surface area contributed by atoms with Crippen LogP contribution in [0.15, 0.2) is 18.2 Å². The normalized spacial score (nSPS) is 22.5. The van der Waals surface area contributed by atoms with E-state index < -0.39 is 0 Å². The van der Waals surface area contributed by atoms with Gasteiger partial charge < -0.3 is 14.8 Å². The molecule has 2 atom stereocenters. The lowest BCUT2D eigenvalue weighted by molar-refractivity contribution is 0.0194. The second-order valence-electron chi connectivity index (χ2n) is 6.26. The molecule has 1 aliphatic carbocycles. The molecule has 0 bridgehead atoms. The number of nitrogens with zero attached hydrogens (tertiary/aromatic N) is 1. The number of methoxy groups -OCH3 is 1. The molecule has 1 heterocycles. The molecule has 1 N–H and O–H groups in total. The first-order chi connectivity index (χ1) is 10.2. The Labute approximate surface area is 128 Å². The fourth-order valence-electron chi connectivity index (χ4n) is 2.70. The largest absolute Gasteiger partial charge is 0.474 e. The summed E-state index contributed by atoms with van der Waals surface area (Å²) in [6.45, 7) is 6.20. The third kappa shape index (κ3) is 5.64. The van der Waals surface area contributed by atoms with Gasteiger partial charge in [0.1, 0.15) is 6.10 Å². The Hall–Kier alpha value is -1.13. The van der Waals surface area contributed by atoms with Crippen LogP contribution < -0.4 is 10.1 Å². The van der Waals surface area contributed by atoms with Gasteiger partial charge in [-0.3, -0.25) is 0 Å². The number of hydrogen-bond acceptors (Lipinski definition) is 4. The van der Waals surface area contributed by atoms with Gasteiger partial charge in [0, 0.05) is 26.1 Å². The van der Waals surface area contributed by atoms with Crippen LogP contribution in [0.4, 0.5) is 0 Å². The van der Waals surface area contributed by atoms with E-state index in [4.69, 9.17) is 9.47 Å². The highest BCUT2D eigenvalue weighted by atomic mass is 16.5. The van der Waals surface area contributed by atoms with Crippen LogP contribution in [0.1, 0.15) is 45.2 Å². The molecule has 4 heteroatoms. The van der Waals surface area contributed by atoms with Gasteiger partial charge >= 0.3 is 0 Å². The SMILES string of the molecule is COC1CCCC(Oc2cccc(CNCC(C)C)n2)C1. The number of ether oxygens (including phenoxy) is 2. The lowest BCUT2D eigenvalue weighted by Gasteiger charge is -2.28. The van der Waals surface area contributed by atoms with Gasteiger partial charge in [-0.05, 0) is 37.8 Å². The van der Waals surface area contributed by atoms with Gasteiger partial charge in [-0.2, -0.15) is 0 Å². The maximum absolute atomic E-state index is 6.04. The van der Waals surface area contributed by atoms with Crippen LogP contribution in [0, 0.1) is 5.92 Å². The summed E-state index contributed by atoms with van der Waals surface area (Å²) in [5, 5.41) is 3.41. The number of aromatic nitrogens is 1. The van der Waals surface area contributed by atoms with Crippen LogP contribution in [0.25, 0.3) is 0 Å². The summed E-state index contributed by atoms with van der Waals surface area (Å²) in [7, 11) is 1.78. The number of nitrogens with one attached hydrogen (secondary N) is 1. The van der Waals surface area contributed by atoms with Crippen molar-refractivity contribution in [2.75, 3.05) is 13.7 Å². The molecule has 0 aliphatic heterocycles. The summed E-state index contributed by atoms with van der Waals surface area (Å²) in [6.07, 6.45) is 4.93. The van der Waals surface area contributed by atoms with Gasteiger partial charge in [0.25, 0.3) is 0 Å². The monoisotopic (exact) mass is 292 g/mol. The lowest BCUT2D eigenvalue weighted by Crippen LogP contribution is -2.29. The number of rotatable bonds is 7. The summed E-state index contributed by atoms with van der Waals surface area (Å²) >= 11 is 0. The summed E-state index contributed by atoms with van der Waals surface area (Å²) in [6, 6.07) is 6.01. The summed E-state index contributed by atoms with van der Waals surface area (Å²) < 4.78 is 11.5. The Kier molecular flexibility index (Phi) is 6.46. The van der Waals surface area contributed by atoms with Gasteiger partial charge in [0.15, 0.2) is 0 Å². The number of pyridine rings is 1. The molecule has 1 aromatic rings. The second-order valence-corrected chi connectivity index (χ2v) is 6.26. The maximum Gasteiger partial charge on any atom is 0.213 e. The van der Waals surface area contributed by atoms with Gasteiger partial charge in [-0.1, -0.05) is 19.9 Å². The number of hydrogen-bond donors (Lipinski definition) is 1. The van der Waals surface area contributed by atoms with Crippen molar-refractivity contribution < 1.29 is 9.47 Å². The highest BCUT2D eigenvalue weighted by Crippen LogP contribution is 2.24. The third-order valence-corrected chi connectivity index (χ3v) is 3.84. The van der Waals surface area contributed by atoms with Crippen molar-refractivity contribution in [3.8, 4) is 5.88 Å². The van der Waals surface area contributed by atoms with Crippen LogP contribution in [0.3, 0.4) is 0 Å². The predicted molar refractivity (Wildman–Crippen MR) is 84.5 cm³/mol. The maximum atomic E-state index is 6.04. The summed E-state index contributed by atoms with van der Waals surface area (Å²) in [4.78, 5) is 4.59. The zero-order valence-corrected chi connectivity index (χ0v) is 13.5. The summed E-state index contributed by atoms with van der Waals surface area (Å²) in [5.41, 5.74) is 1.03. The zero-order valence-electron chi connectivity index (χ0n) is 13.5. The Morgan fingerprint density at radius 1 is 1.29 bits per heavy atom. The molecule has 1 aliphatic rings. The molecule has 0 saturated heterocycles. The molecule has 2 rings (SSSR count). The topological polar surface area (TPSA) is 43.4 Å². The van der Waals surface area contributed by atoms with E-state index in [2.05, 4.69) is 24.1 Å². The van der Waals surface area contributed by atoms with Gasteiger partial charge in [-0.25, -0.2) is 4.98 Å². The molecule has 2 unspecified atom stereocenters. The molecule has 118 valence electrons. The van der Waals surface area contributed by atoms with E-state index in [1.165, 1.54) is 6.42 Å². The van der Waals surface area contributed by atoms with Crippen molar-refractivity contribution in [3.05, 3.63) is 23.9 Å². The fourth-order valence-corrected chi connectivity index (χ4v) is 2.70. The van der Waals surface area contributed by atoms with Crippen molar-refractivity contribution >= 4 is 0 Å². The molecule has 1 aromatic heterocycles. The van der Waals surface area contributed by atoms with Gasteiger partial charge in [0.05, 0.1) is 11.8 Å². The Morgan fingerprint density at radius 2 is 2.10 bits per heavy atom. The minimum absolute atomic E-state index is 0.232. The van der Waals surface area contributed by atoms with Gasteiger partial charge in [0.2, 0.25) is 5.88 Å². The third-order valence-electron chi connectivity index (χ3n) is 3.84. The molecule has 1 saturated carbocycles. The molecule has 21 heavy (non-hydrogen) atoms. The average molecular weight is 292 g/mol. The average Bonchev–Trinajstić information content (AvgIpc) is 2.47. The minimum Gasteiger partial charge on any atom is -0.474 e. The van der Waals surface area contributed by atoms with E-state index in [0.717, 1.165) is 43.9 Å². The Morgan fingerprint density at radius 3 is 2.86 bits per heavy atom. The van der Waals surface area contributed by atoms with Crippen LogP contribution in [-0.2, 0) is 11.3 Å². The van der Waals surface area contributed by atoms with Crippen molar-refractivity contribution in [2.24, 2.45) is 5.92 Å². The smallest absolute Gasteiger partial charge is 0.213 e. The molecule has 4 nitrogen and oxygen atoms in total. The fraction of sp³-hybridized carbons (Fsp3) is 0.706. The first-order valence-electron chi connectivity index (χ1n) is 8.03. The summed E-state index contributed by atoms with van der Waals surface area (Å²) in [5.74, 6) is 1.39. The highest BCUT2D eigenvalue weighted by Gasteiger charge is 2.23. The van der Waals surface area contributed by atoms with Crippen LogP contribution in [-0.4, -0.2) is 30.8 Å². The Bertz CT molecular complexity index is 423. The van der Waals surface area contributed by atoms with E-state index in [1.807, 2.05) is 18.2 Å². The van der Waals surface area contributed by atoms with Crippen molar-refractivity contribution in [1.82, 2.24) is 10.3 Å². The molecule has 0 amide bonds. The van der Waals surface area contributed by atoms with E-state index in [9.17, 15) is 0 Å². The van der Waals surface area contributed by atoms with E-state index in [1.54, 1.807) is 7.11 Å². The quantitative estimate of drug-likeness (QED) is 0.838. The van der Waals surface area contributed by atoms with E-state index in [0.29, 0.717) is 12.0 Å². The first-order valence-corrected chi connectivity index (χ1v) is 8.03. The molecular formula is C17H28N2O2. The molecule has 0 spiro atoms. The van der Waals surface area contributed by atoms with E-state index >= 15 is 0 Å². The molecule has 1 fully saturated rings. The van der Waals surface area contributed by atoms with Crippen molar-refractivity contribution in [2.45, 2.75) is 58.3 Å². The zero-order chi connectivity index (χ0) is 15.1. The molecule has 0 aromatic carbocycles. The standard InChI is InChI=1S/C17H28N2O2/c1-13(2)11-18-12-14-6-4-9-17(19-14)21-16-8-5-7-15(10-16)20-3/h4,6,9,13,15-16,18H,5,7-8,10-12H2,1-3H3. The van der Waals surface area contributed by atoms with Crippen LogP contribution >= 0.6 is 0 Å². The lowest BCUT2D eigenvalue weighted by atomic mass is 9.95. The molecular weight excluding hydrogens is 264 g/mol. The van der Waals surface area contributed by atoms with Gasteiger partial charge in [-0.15, -0.1) is 0 Å². The van der Waals surface area contributed by atoms with E-state index in [-0.39, 0.29) is 6.10 Å². The highest BCUT2D eigenvalue weighted by molar-refractivity contribution is 5.16. The van der Waals surface area contributed by atoms with Crippen molar-refractivity contribution in [1.29, 1.82) is 0 Å². The predicted octanol–water partition coefficient (Wildman–Crippen LogP) is 3.16. The minimum atomic E-state index is 0.232. The Balaban J connectivity index is 1.85. The van der Waals surface area contributed by atoms with Crippen LogP contribution in [0.2, 0.25) is 0 Å².